The zero-order valence-corrected chi connectivity index (χ0v) is 16.4. The van der Waals surface area contributed by atoms with Gasteiger partial charge in [0.05, 0.1) is 19.8 Å². The van der Waals surface area contributed by atoms with Gasteiger partial charge >= 0.3 is 0 Å². The van der Waals surface area contributed by atoms with Gasteiger partial charge in [0.15, 0.2) is 0 Å². The van der Waals surface area contributed by atoms with E-state index in [9.17, 15) is 9.59 Å². The molecule has 1 aromatic carbocycles. The molecule has 0 spiro atoms. The van der Waals surface area contributed by atoms with Gasteiger partial charge in [0.25, 0.3) is 5.91 Å². The van der Waals surface area contributed by atoms with Gasteiger partial charge in [-0.15, -0.1) is 0 Å². The van der Waals surface area contributed by atoms with E-state index in [1.54, 1.807) is 30.2 Å². The van der Waals surface area contributed by atoms with Crippen LogP contribution in [-0.4, -0.2) is 68.6 Å². The largest absolute Gasteiger partial charge is 0.497 e. The molecule has 1 aromatic rings. The Hall–Kier alpha value is -2.28. The Balaban J connectivity index is 1.84. The first kappa shape index (κ1) is 21.0. The van der Waals surface area contributed by atoms with Crippen LogP contribution in [0.25, 0.3) is 0 Å². The number of ether oxygens (including phenoxy) is 2. The minimum Gasteiger partial charge on any atom is -0.497 e. The molecule has 0 radical (unpaired) electrons. The molecule has 0 saturated carbocycles. The molecule has 2 rings (SSSR count). The summed E-state index contributed by atoms with van der Waals surface area (Å²) < 4.78 is 10.5. The van der Waals surface area contributed by atoms with Crippen LogP contribution in [0.5, 0.6) is 11.5 Å². The van der Waals surface area contributed by atoms with Crippen LogP contribution in [0.3, 0.4) is 0 Å². The number of carbonyl (C=O) groups is 2. The first-order valence-electron chi connectivity index (χ1n) is 9.59. The molecular weight excluding hydrogens is 346 g/mol. The van der Waals surface area contributed by atoms with E-state index in [1.807, 2.05) is 4.90 Å². The van der Waals surface area contributed by atoms with Crippen LogP contribution in [-0.2, 0) is 4.79 Å². The second kappa shape index (κ2) is 10.8. The zero-order chi connectivity index (χ0) is 19.6. The quantitative estimate of drug-likeness (QED) is 0.665. The van der Waals surface area contributed by atoms with Crippen molar-refractivity contribution in [1.29, 1.82) is 0 Å². The minimum atomic E-state index is -0.0802. The number of amides is 2. The summed E-state index contributed by atoms with van der Waals surface area (Å²) in [5, 5.41) is 0. The summed E-state index contributed by atoms with van der Waals surface area (Å²) in [6.45, 7) is 2.93. The molecule has 1 aliphatic rings. The van der Waals surface area contributed by atoms with Gasteiger partial charge in [-0.1, -0.05) is 12.8 Å². The van der Waals surface area contributed by atoms with E-state index in [2.05, 4.69) is 0 Å². The molecule has 1 aliphatic heterocycles. The number of piperazine rings is 1. The number of unbranched alkanes of at least 4 members (excludes halogenated alkanes) is 3. The molecule has 0 aromatic heterocycles. The number of hydrogen-bond donors (Lipinski definition) is 1. The summed E-state index contributed by atoms with van der Waals surface area (Å²) in [7, 11) is 3.11. The summed E-state index contributed by atoms with van der Waals surface area (Å²) in [5.41, 5.74) is 5.99. The number of nitrogens with zero attached hydrogens (tertiary/aromatic N) is 2. The van der Waals surface area contributed by atoms with Crippen LogP contribution in [0.4, 0.5) is 0 Å². The number of carbonyl (C=O) groups excluding carboxylic acids is 2. The molecule has 150 valence electrons. The van der Waals surface area contributed by atoms with Gasteiger partial charge in [0, 0.05) is 38.7 Å². The topological polar surface area (TPSA) is 85.1 Å². The average molecular weight is 377 g/mol. The van der Waals surface area contributed by atoms with Crippen molar-refractivity contribution in [3.63, 3.8) is 0 Å². The van der Waals surface area contributed by atoms with E-state index < -0.39 is 0 Å². The third-order valence-electron chi connectivity index (χ3n) is 4.90. The van der Waals surface area contributed by atoms with Crippen LogP contribution in [0.2, 0.25) is 0 Å². The smallest absolute Gasteiger partial charge is 0.257 e. The van der Waals surface area contributed by atoms with Crippen molar-refractivity contribution in [2.75, 3.05) is 46.9 Å². The Bertz CT molecular complexity index is 628. The molecule has 0 unspecified atom stereocenters. The van der Waals surface area contributed by atoms with E-state index in [4.69, 9.17) is 15.2 Å². The normalized spacial score (nSPS) is 14.2. The van der Waals surface area contributed by atoms with Crippen molar-refractivity contribution >= 4 is 11.8 Å². The SMILES string of the molecule is COc1ccc(C(=O)N2CCN(C(=O)CCCCCCN)CC2)c(OC)c1. The van der Waals surface area contributed by atoms with Crippen LogP contribution in [0.1, 0.15) is 42.5 Å². The van der Waals surface area contributed by atoms with Gasteiger partial charge in [-0.25, -0.2) is 0 Å². The third kappa shape index (κ3) is 5.85. The number of nitrogens with two attached hydrogens (primary N) is 1. The van der Waals surface area contributed by atoms with Gasteiger partial charge in [-0.3, -0.25) is 9.59 Å². The third-order valence-corrected chi connectivity index (χ3v) is 4.90. The molecule has 7 nitrogen and oxygen atoms in total. The molecule has 1 fully saturated rings. The molecule has 27 heavy (non-hydrogen) atoms. The number of benzene rings is 1. The lowest BCUT2D eigenvalue weighted by atomic mass is 10.1. The summed E-state index contributed by atoms with van der Waals surface area (Å²) in [4.78, 5) is 28.8. The first-order valence-corrected chi connectivity index (χ1v) is 9.59. The van der Waals surface area contributed by atoms with E-state index in [-0.39, 0.29) is 11.8 Å². The average Bonchev–Trinajstić information content (AvgIpc) is 2.72. The molecule has 2 N–H and O–H groups in total. The Kier molecular flexibility index (Phi) is 8.39. The number of methoxy groups -OCH3 is 2. The summed E-state index contributed by atoms with van der Waals surface area (Å²) >= 11 is 0. The lowest BCUT2D eigenvalue weighted by Gasteiger charge is -2.35. The number of hydrogen-bond acceptors (Lipinski definition) is 5. The van der Waals surface area contributed by atoms with Crippen LogP contribution >= 0.6 is 0 Å². The summed E-state index contributed by atoms with van der Waals surface area (Å²) in [5.74, 6) is 1.24. The van der Waals surface area contributed by atoms with Crippen molar-refractivity contribution in [2.24, 2.45) is 5.73 Å². The van der Waals surface area contributed by atoms with E-state index in [1.165, 1.54) is 7.11 Å². The zero-order valence-electron chi connectivity index (χ0n) is 16.4. The summed E-state index contributed by atoms with van der Waals surface area (Å²) in [6, 6.07) is 5.18. The highest BCUT2D eigenvalue weighted by atomic mass is 16.5. The van der Waals surface area contributed by atoms with E-state index in [0.29, 0.717) is 56.2 Å². The lowest BCUT2D eigenvalue weighted by molar-refractivity contribution is -0.132. The van der Waals surface area contributed by atoms with Crippen LogP contribution < -0.4 is 15.2 Å². The fourth-order valence-corrected chi connectivity index (χ4v) is 3.24. The Morgan fingerprint density at radius 3 is 2.26 bits per heavy atom. The maximum atomic E-state index is 12.8. The van der Waals surface area contributed by atoms with Crippen molar-refractivity contribution in [2.45, 2.75) is 32.1 Å². The highest BCUT2D eigenvalue weighted by Crippen LogP contribution is 2.26. The molecule has 2 amide bonds. The van der Waals surface area contributed by atoms with Gasteiger partial charge < -0.3 is 25.0 Å². The highest BCUT2D eigenvalue weighted by molar-refractivity contribution is 5.97. The predicted molar refractivity (Wildman–Crippen MR) is 104 cm³/mol. The van der Waals surface area contributed by atoms with Crippen molar-refractivity contribution in [1.82, 2.24) is 9.80 Å². The molecule has 7 heteroatoms. The lowest BCUT2D eigenvalue weighted by Crippen LogP contribution is -2.50. The minimum absolute atomic E-state index is 0.0802. The fourth-order valence-electron chi connectivity index (χ4n) is 3.24. The monoisotopic (exact) mass is 377 g/mol. The van der Waals surface area contributed by atoms with Gasteiger partial charge in [0.2, 0.25) is 5.91 Å². The molecule has 1 heterocycles. The number of rotatable bonds is 9. The Morgan fingerprint density at radius 2 is 1.63 bits per heavy atom. The fraction of sp³-hybridized carbons (Fsp3) is 0.600. The highest BCUT2D eigenvalue weighted by Gasteiger charge is 2.26. The van der Waals surface area contributed by atoms with E-state index in [0.717, 1.165) is 25.7 Å². The predicted octanol–water partition coefficient (Wildman–Crippen LogP) is 1.90. The van der Waals surface area contributed by atoms with Crippen LogP contribution in [0.15, 0.2) is 18.2 Å². The molecule has 1 saturated heterocycles. The standard InChI is InChI=1S/C20H31N3O4/c1-26-16-8-9-17(18(15-16)27-2)20(25)23-13-11-22(12-14-23)19(24)7-5-3-4-6-10-21/h8-9,15H,3-7,10-14,21H2,1-2H3. The van der Waals surface area contributed by atoms with Crippen molar-refractivity contribution in [3.05, 3.63) is 23.8 Å². The first-order chi connectivity index (χ1) is 13.1. The Morgan fingerprint density at radius 1 is 0.963 bits per heavy atom. The molecule has 0 atom stereocenters. The Labute approximate surface area is 161 Å². The van der Waals surface area contributed by atoms with E-state index >= 15 is 0 Å². The summed E-state index contributed by atoms with van der Waals surface area (Å²) in [6.07, 6.45) is 4.62. The van der Waals surface area contributed by atoms with Crippen molar-refractivity contribution in [3.8, 4) is 11.5 Å². The van der Waals surface area contributed by atoms with Gasteiger partial charge in [-0.05, 0) is 31.5 Å². The van der Waals surface area contributed by atoms with Gasteiger partial charge in [0.1, 0.15) is 11.5 Å². The molecule has 0 bridgehead atoms. The second-order valence-corrected chi connectivity index (χ2v) is 6.69. The van der Waals surface area contributed by atoms with Crippen molar-refractivity contribution < 1.29 is 19.1 Å². The van der Waals surface area contributed by atoms with Crippen LogP contribution in [0, 0.1) is 0 Å². The maximum Gasteiger partial charge on any atom is 0.257 e. The maximum absolute atomic E-state index is 12.8. The molecule has 0 aliphatic carbocycles. The second-order valence-electron chi connectivity index (χ2n) is 6.69. The molecular formula is C20H31N3O4. The van der Waals surface area contributed by atoms with Gasteiger partial charge in [-0.2, -0.15) is 0 Å².